The van der Waals surface area contributed by atoms with Crippen molar-refractivity contribution < 1.29 is 33.6 Å². The van der Waals surface area contributed by atoms with E-state index < -0.39 is 11.6 Å². The smallest absolute Gasteiger partial charge is 0.497 e. The summed E-state index contributed by atoms with van der Waals surface area (Å²) >= 11 is 0. The van der Waals surface area contributed by atoms with Crippen molar-refractivity contribution in [2.45, 2.75) is 0 Å². The fraction of sp³-hybridized carbons (Fsp3) is 0.0312. The fourth-order valence-corrected chi connectivity index (χ4v) is 3.86. The van der Waals surface area contributed by atoms with Crippen LogP contribution in [0.25, 0.3) is 11.3 Å². The summed E-state index contributed by atoms with van der Waals surface area (Å²) in [5.41, 5.74) is 3.55. The van der Waals surface area contributed by atoms with Crippen LogP contribution in [0.5, 0.6) is 5.75 Å². The Morgan fingerprint density at radius 3 is 2.25 bits per heavy atom. The van der Waals surface area contributed by atoms with E-state index >= 15 is 0 Å². The predicted molar refractivity (Wildman–Crippen MR) is 149 cm³/mol. The normalized spacial score (nSPS) is 12.1. The second kappa shape index (κ2) is 13.6. The first kappa shape index (κ1) is 28.6. The van der Waals surface area contributed by atoms with Crippen LogP contribution in [0.15, 0.2) is 120 Å². The Bertz CT molecular complexity index is 1550. The minimum absolute atomic E-state index is 0. The molecule has 0 unspecified atom stereocenters. The number of hydrogen-bond acceptors (Lipinski definition) is 5. The molecule has 0 saturated carbocycles. The van der Waals surface area contributed by atoms with Crippen LogP contribution in [0.1, 0.15) is 5.56 Å². The van der Waals surface area contributed by atoms with E-state index in [0.717, 1.165) is 34.9 Å². The average Bonchev–Trinajstić information content (AvgIpc) is 3.45. The van der Waals surface area contributed by atoms with Gasteiger partial charge in [-0.2, -0.15) is 29.4 Å². The number of benzene rings is 4. The van der Waals surface area contributed by atoms with E-state index in [1.807, 2.05) is 72.3 Å². The SMILES string of the molecule is COc1ccnc(-c2[c-]cc(F)cc2F)c1.[Ir+3].[c-]1ccccc1N1[CH-]N(c2ccccc2)C(c2ccccc2)=N1. The van der Waals surface area contributed by atoms with Crippen LogP contribution in [-0.4, -0.2) is 17.9 Å². The summed E-state index contributed by atoms with van der Waals surface area (Å²) in [6.45, 7) is 1.99. The van der Waals surface area contributed by atoms with Crippen LogP contribution >= 0.6 is 0 Å². The van der Waals surface area contributed by atoms with Crippen LogP contribution < -0.4 is 14.6 Å². The van der Waals surface area contributed by atoms with E-state index in [1.165, 1.54) is 13.3 Å². The summed E-state index contributed by atoms with van der Waals surface area (Å²) in [6, 6.07) is 39.1. The van der Waals surface area contributed by atoms with Gasteiger partial charge in [-0.1, -0.05) is 65.8 Å². The van der Waals surface area contributed by atoms with Gasteiger partial charge in [0.05, 0.1) is 7.11 Å². The number of pyridine rings is 1. The summed E-state index contributed by atoms with van der Waals surface area (Å²) < 4.78 is 31.1. The van der Waals surface area contributed by atoms with Crippen molar-refractivity contribution in [2.24, 2.45) is 5.10 Å². The molecule has 4 aromatic carbocycles. The van der Waals surface area contributed by atoms with Gasteiger partial charge in [0.25, 0.3) is 0 Å². The molecule has 8 heteroatoms. The molecule has 40 heavy (non-hydrogen) atoms. The first-order valence-electron chi connectivity index (χ1n) is 12.1. The topological polar surface area (TPSA) is 41.0 Å². The van der Waals surface area contributed by atoms with Gasteiger partial charge in [0.2, 0.25) is 0 Å². The van der Waals surface area contributed by atoms with E-state index in [4.69, 9.17) is 9.84 Å². The number of amidine groups is 1. The van der Waals surface area contributed by atoms with Gasteiger partial charge in [-0.15, -0.1) is 24.9 Å². The molecule has 200 valence electrons. The number of methoxy groups -OCH3 is 1. The number of para-hydroxylation sites is 2. The van der Waals surface area contributed by atoms with Crippen LogP contribution in [0.3, 0.4) is 0 Å². The van der Waals surface area contributed by atoms with Crippen LogP contribution in [0, 0.1) is 30.4 Å². The third kappa shape index (κ3) is 6.78. The third-order valence-corrected chi connectivity index (χ3v) is 5.74. The molecule has 5 aromatic rings. The number of aromatic nitrogens is 1. The van der Waals surface area contributed by atoms with E-state index in [0.29, 0.717) is 11.4 Å². The van der Waals surface area contributed by atoms with E-state index in [-0.39, 0.29) is 25.7 Å². The monoisotopic (exact) mass is 710 g/mol. The minimum Gasteiger partial charge on any atom is -0.497 e. The molecule has 2 heterocycles. The molecule has 0 radical (unpaired) electrons. The van der Waals surface area contributed by atoms with E-state index in [1.54, 1.807) is 12.1 Å². The maximum Gasteiger partial charge on any atom is 3.00 e. The molecular weight excluding hydrogens is 687 g/mol. The Morgan fingerprint density at radius 1 is 0.850 bits per heavy atom. The zero-order valence-corrected chi connectivity index (χ0v) is 23.7. The van der Waals surface area contributed by atoms with Gasteiger partial charge in [0.15, 0.2) is 0 Å². The molecule has 0 spiro atoms. The van der Waals surface area contributed by atoms with Gasteiger partial charge in [-0.3, -0.25) is 8.78 Å². The van der Waals surface area contributed by atoms with Gasteiger partial charge < -0.3 is 19.6 Å². The Hall–Kier alpha value is -4.39. The van der Waals surface area contributed by atoms with Crippen molar-refractivity contribution in [1.82, 2.24) is 4.98 Å². The first-order valence-corrected chi connectivity index (χ1v) is 12.1. The van der Waals surface area contributed by atoms with Gasteiger partial charge in [-0.25, -0.2) is 0 Å². The molecule has 0 aliphatic carbocycles. The molecule has 0 bridgehead atoms. The van der Waals surface area contributed by atoms with Crippen LogP contribution in [0.2, 0.25) is 0 Å². The Kier molecular flexibility index (Phi) is 9.73. The Labute approximate surface area is 245 Å². The molecule has 0 amide bonds. The van der Waals surface area contributed by atoms with Gasteiger partial charge in [0, 0.05) is 29.1 Å². The van der Waals surface area contributed by atoms with Crippen molar-refractivity contribution in [1.29, 1.82) is 0 Å². The maximum atomic E-state index is 13.4. The van der Waals surface area contributed by atoms with Crippen molar-refractivity contribution in [2.75, 3.05) is 17.0 Å². The quantitative estimate of drug-likeness (QED) is 0.182. The summed E-state index contributed by atoms with van der Waals surface area (Å²) in [5, 5.41) is 6.63. The van der Waals surface area contributed by atoms with Crippen LogP contribution in [-0.2, 0) is 20.1 Å². The number of hydrogen-bond donors (Lipinski definition) is 0. The summed E-state index contributed by atoms with van der Waals surface area (Å²) in [6.07, 6.45) is 1.49. The third-order valence-electron chi connectivity index (χ3n) is 5.74. The van der Waals surface area contributed by atoms with Crippen molar-refractivity contribution in [3.63, 3.8) is 0 Å². The summed E-state index contributed by atoms with van der Waals surface area (Å²) in [5.74, 6) is 0.0982. The molecule has 0 fully saturated rings. The number of rotatable bonds is 5. The van der Waals surface area contributed by atoms with Gasteiger partial charge in [-0.05, 0) is 30.0 Å². The molecule has 1 aliphatic rings. The van der Waals surface area contributed by atoms with Crippen molar-refractivity contribution in [3.8, 4) is 17.0 Å². The predicted octanol–water partition coefficient (Wildman–Crippen LogP) is 7.13. The zero-order chi connectivity index (χ0) is 27.0. The Morgan fingerprint density at radius 2 is 1.57 bits per heavy atom. The van der Waals surface area contributed by atoms with Gasteiger partial charge >= 0.3 is 20.1 Å². The fourth-order valence-electron chi connectivity index (χ4n) is 3.86. The number of halogens is 2. The first-order chi connectivity index (χ1) is 19.1. The zero-order valence-electron chi connectivity index (χ0n) is 21.3. The second-order valence-corrected chi connectivity index (χ2v) is 8.32. The standard InChI is InChI=1S/C20H15N3.C12H8F2NO.Ir/c1-4-10-17(11-5-1)20-21-23(19-14-8-3-9-15-19)16-22(20)18-12-6-2-7-13-18;1-16-9-4-5-15-12(7-9)10-3-2-8(13)6-11(10)14;/h1-14,16H;2,4-7H,1H3;/q-2;-1;+3. The van der Waals surface area contributed by atoms with Crippen molar-refractivity contribution >= 4 is 17.2 Å². The molecule has 0 saturated heterocycles. The molecular formula is C32H23F2IrN4O. The molecule has 1 aliphatic heterocycles. The van der Waals surface area contributed by atoms with E-state index in [2.05, 4.69) is 46.3 Å². The van der Waals surface area contributed by atoms with Gasteiger partial charge in [0.1, 0.15) is 11.6 Å². The molecule has 1 aromatic heterocycles. The summed E-state index contributed by atoms with van der Waals surface area (Å²) in [4.78, 5) is 6.07. The second-order valence-electron chi connectivity index (χ2n) is 8.32. The Balaban J connectivity index is 0.000000192. The van der Waals surface area contributed by atoms with E-state index in [9.17, 15) is 8.78 Å². The van der Waals surface area contributed by atoms with Crippen LogP contribution in [0.4, 0.5) is 20.2 Å². The molecule has 0 atom stereocenters. The largest absolute Gasteiger partial charge is 3.00 e. The van der Waals surface area contributed by atoms with Crippen molar-refractivity contribution in [3.05, 3.63) is 151 Å². The molecule has 5 nitrogen and oxygen atoms in total. The maximum absolute atomic E-state index is 13.4. The number of anilines is 2. The average molecular weight is 710 g/mol. The number of hydrazone groups is 1. The minimum atomic E-state index is -0.694. The molecule has 0 N–H and O–H groups in total. The number of nitrogens with zero attached hydrogens (tertiary/aromatic N) is 4. The summed E-state index contributed by atoms with van der Waals surface area (Å²) in [7, 11) is 1.50. The number of ether oxygens (including phenoxy) is 1. The molecule has 6 rings (SSSR count).